The second-order valence-corrected chi connectivity index (χ2v) is 7.49. The van der Waals surface area contributed by atoms with Gasteiger partial charge >= 0.3 is 0 Å². The van der Waals surface area contributed by atoms with Crippen LogP contribution in [-0.2, 0) is 12.8 Å². The van der Waals surface area contributed by atoms with E-state index in [1.54, 1.807) is 7.11 Å². The molecule has 2 aliphatic rings. The third-order valence-corrected chi connectivity index (χ3v) is 5.73. The number of fused-ring (bicyclic) bond motifs is 1. The molecule has 138 valence electrons. The van der Waals surface area contributed by atoms with Gasteiger partial charge in [-0.2, -0.15) is 0 Å². The maximum absolute atomic E-state index is 5.29. The van der Waals surface area contributed by atoms with Gasteiger partial charge in [0.15, 0.2) is 0 Å². The van der Waals surface area contributed by atoms with Gasteiger partial charge in [0.2, 0.25) is 0 Å². The van der Waals surface area contributed by atoms with Crippen LogP contribution in [-0.4, -0.2) is 31.7 Å². The minimum atomic E-state index is 0.771. The number of ether oxygens (including phenoxy) is 1. The van der Waals surface area contributed by atoms with Crippen molar-refractivity contribution >= 4 is 5.69 Å². The Bertz CT molecular complexity index is 736. The first-order valence-corrected chi connectivity index (χ1v) is 9.95. The van der Waals surface area contributed by atoms with Crippen LogP contribution in [0.4, 0.5) is 5.69 Å². The molecule has 4 nitrogen and oxygen atoms in total. The molecule has 1 aromatic heterocycles. The molecule has 1 aliphatic heterocycles. The Kier molecular flexibility index (Phi) is 5.40. The molecule has 2 heterocycles. The van der Waals surface area contributed by atoms with Gasteiger partial charge in [-0.1, -0.05) is 0 Å². The molecule has 1 saturated heterocycles. The molecule has 2 N–H and O–H groups in total. The Labute approximate surface area is 156 Å². The van der Waals surface area contributed by atoms with Gasteiger partial charge in [0, 0.05) is 23.5 Å². The van der Waals surface area contributed by atoms with Gasteiger partial charge in [-0.05, 0) is 93.4 Å². The Balaban J connectivity index is 1.60. The lowest BCUT2D eigenvalue weighted by molar-refractivity contribution is 0.390. The lowest BCUT2D eigenvalue weighted by Crippen LogP contribution is -2.31. The van der Waals surface area contributed by atoms with Crippen LogP contribution in [0, 0.1) is 5.92 Å². The average Bonchev–Trinajstić information content (AvgIpc) is 2.72. The van der Waals surface area contributed by atoms with Crippen molar-refractivity contribution in [2.75, 3.05) is 32.1 Å². The summed E-state index contributed by atoms with van der Waals surface area (Å²) >= 11 is 0. The highest BCUT2D eigenvalue weighted by Crippen LogP contribution is 2.32. The van der Waals surface area contributed by atoms with Crippen molar-refractivity contribution in [3.8, 4) is 17.0 Å². The summed E-state index contributed by atoms with van der Waals surface area (Å²) in [4.78, 5) is 5.00. The van der Waals surface area contributed by atoms with Crippen molar-refractivity contribution in [1.82, 2.24) is 10.3 Å². The quantitative estimate of drug-likeness (QED) is 0.853. The summed E-state index contributed by atoms with van der Waals surface area (Å²) in [5, 5.41) is 7.24. The highest BCUT2D eigenvalue weighted by molar-refractivity contribution is 5.68. The van der Waals surface area contributed by atoms with E-state index in [0.29, 0.717) is 0 Å². The summed E-state index contributed by atoms with van der Waals surface area (Å²) in [5.74, 6) is 1.66. The lowest BCUT2D eigenvalue weighted by Gasteiger charge is -2.26. The standard InChI is InChI=1S/C22H29N3O/c1-26-18-8-6-17(7-9-18)21-14-22(19-4-2-3-5-20(19)25-21)24-15-16-10-12-23-13-11-16/h6-9,14,16,23H,2-5,10-13,15H2,1H3,(H,24,25). The number of nitrogens with one attached hydrogen (secondary N) is 2. The Hall–Kier alpha value is -2.07. The molecule has 0 spiro atoms. The van der Waals surface area contributed by atoms with E-state index in [-0.39, 0.29) is 0 Å². The number of benzene rings is 1. The van der Waals surface area contributed by atoms with Crippen molar-refractivity contribution < 1.29 is 4.74 Å². The molecule has 26 heavy (non-hydrogen) atoms. The minimum Gasteiger partial charge on any atom is -0.497 e. The zero-order chi connectivity index (χ0) is 17.8. The molecule has 1 aliphatic carbocycles. The first kappa shape index (κ1) is 17.3. The number of aryl methyl sites for hydroxylation is 1. The van der Waals surface area contributed by atoms with Gasteiger partial charge in [0.1, 0.15) is 5.75 Å². The third-order valence-electron chi connectivity index (χ3n) is 5.73. The summed E-state index contributed by atoms with van der Waals surface area (Å²) in [6.45, 7) is 3.37. The van der Waals surface area contributed by atoms with Crippen LogP contribution in [0.25, 0.3) is 11.3 Å². The number of aromatic nitrogens is 1. The summed E-state index contributed by atoms with van der Waals surface area (Å²) in [6.07, 6.45) is 7.32. The van der Waals surface area contributed by atoms with Crippen LogP contribution in [0.5, 0.6) is 5.75 Å². The van der Waals surface area contributed by atoms with Crippen molar-refractivity contribution in [3.63, 3.8) is 0 Å². The van der Waals surface area contributed by atoms with Crippen LogP contribution < -0.4 is 15.4 Å². The van der Waals surface area contributed by atoms with Crippen molar-refractivity contribution in [2.45, 2.75) is 38.5 Å². The molecular formula is C22H29N3O. The molecule has 2 aromatic rings. The van der Waals surface area contributed by atoms with E-state index in [1.807, 2.05) is 12.1 Å². The summed E-state index contributed by atoms with van der Waals surface area (Å²) in [7, 11) is 1.70. The van der Waals surface area contributed by atoms with Gasteiger partial charge in [-0.15, -0.1) is 0 Å². The van der Waals surface area contributed by atoms with Crippen LogP contribution in [0.15, 0.2) is 30.3 Å². The number of piperidine rings is 1. The monoisotopic (exact) mass is 351 g/mol. The molecule has 0 radical (unpaired) electrons. The van der Waals surface area contributed by atoms with Gasteiger partial charge in [-0.25, -0.2) is 0 Å². The van der Waals surface area contributed by atoms with Crippen LogP contribution >= 0.6 is 0 Å². The maximum atomic E-state index is 5.29. The maximum Gasteiger partial charge on any atom is 0.118 e. The number of hydrogen-bond donors (Lipinski definition) is 2. The van der Waals surface area contributed by atoms with Crippen molar-refractivity contribution in [2.24, 2.45) is 5.92 Å². The largest absolute Gasteiger partial charge is 0.497 e. The topological polar surface area (TPSA) is 46.2 Å². The SMILES string of the molecule is COc1ccc(-c2cc(NCC3CCNCC3)c3c(n2)CCCC3)cc1. The Morgan fingerprint density at radius 1 is 1.12 bits per heavy atom. The molecule has 0 saturated carbocycles. The zero-order valence-electron chi connectivity index (χ0n) is 15.7. The van der Waals surface area contributed by atoms with Crippen LogP contribution in [0.1, 0.15) is 36.9 Å². The predicted octanol–water partition coefficient (Wildman–Crippen LogP) is 4.05. The zero-order valence-corrected chi connectivity index (χ0v) is 15.7. The van der Waals surface area contributed by atoms with Crippen LogP contribution in [0.3, 0.4) is 0 Å². The average molecular weight is 351 g/mol. The van der Waals surface area contributed by atoms with Crippen molar-refractivity contribution in [1.29, 1.82) is 0 Å². The van der Waals surface area contributed by atoms with Gasteiger partial charge in [-0.3, -0.25) is 4.98 Å². The van der Waals surface area contributed by atoms with Gasteiger partial charge in [0.05, 0.1) is 12.8 Å². The molecule has 1 fully saturated rings. The summed E-state index contributed by atoms with van der Waals surface area (Å²) in [6, 6.07) is 10.5. The Morgan fingerprint density at radius 2 is 1.88 bits per heavy atom. The van der Waals surface area contributed by atoms with Crippen LogP contribution in [0.2, 0.25) is 0 Å². The molecule has 0 amide bonds. The highest BCUT2D eigenvalue weighted by Gasteiger charge is 2.19. The first-order valence-electron chi connectivity index (χ1n) is 9.95. The predicted molar refractivity (Wildman–Crippen MR) is 107 cm³/mol. The van der Waals surface area contributed by atoms with E-state index in [0.717, 1.165) is 55.4 Å². The minimum absolute atomic E-state index is 0.771. The van der Waals surface area contributed by atoms with E-state index in [9.17, 15) is 0 Å². The number of nitrogens with zero attached hydrogens (tertiary/aromatic N) is 1. The van der Waals surface area contributed by atoms with E-state index >= 15 is 0 Å². The number of anilines is 1. The van der Waals surface area contributed by atoms with E-state index in [1.165, 1.54) is 42.6 Å². The third kappa shape index (κ3) is 3.85. The summed E-state index contributed by atoms with van der Waals surface area (Å²) < 4.78 is 5.29. The molecule has 0 bridgehead atoms. The number of methoxy groups -OCH3 is 1. The fourth-order valence-corrected chi connectivity index (χ4v) is 4.11. The second-order valence-electron chi connectivity index (χ2n) is 7.49. The molecule has 4 rings (SSSR count). The van der Waals surface area contributed by atoms with E-state index < -0.39 is 0 Å². The molecular weight excluding hydrogens is 322 g/mol. The number of pyridine rings is 1. The second kappa shape index (κ2) is 8.09. The number of rotatable bonds is 5. The fraction of sp³-hybridized carbons (Fsp3) is 0.500. The summed E-state index contributed by atoms with van der Waals surface area (Å²) in [5.41, 5.74) is 6.27. The number of hydrogen-bond acceptors (Lipinski definition) is 4. The van der Waals surface area contributed by atoms with Gasteiger partial charge < -0.3 is 15.4 Å². The van der Waals surface area contributed by atoms with E-state index in [2.05, 4.69) is 28.8 Å². The molecule has 4 heteroatoms. The molecule has 0 atom stereocenters. The lowest BCUT2D eigenvalue weighted by atomic mass is 9.92. The normalized spacial score (nSPS) is 17.6. The first-order chi connectivity index (χ1) is 12.8. The van der Waals surface area contributed by atoms with E-state index in [4.69, 9.17) is 9.72 Å². The molecule has 0 unspecified atom stereocenters. The molecule has 1 aromatic carbocycles. The highest BCUT2D eigenvalue weighted by atomic mass is 16.5. The fourth-order valence-electron chi connectivity index (χ4n) is 4.11. The van der Waals surface area contributed by atoms with Gasteiger partial charge in [0.25, 0.3) is 0 Å². The Morgan fingerprint density at radius 3 is 2.65 bits per heavy atom. The van der Waals surface area contributed by atoms with Crippen molar-refractivity contribution in [3.05, 3.63) is 41.6 Å². The smallest absolute Gasteiger partial charge is 0.118 e.